The van der Waals surface area contributed by atoms with Crippen molar-refractivity contribution in [3.8, 4) is 16.6 Å². The van der Waals surface area contributed by atoms with E-state index in [1.54, 1.807) is 11.3 Å². The van der Waals surface area contributed by atoms with Crippen LogP contribution in [0.3, 0.4) is 0 Å². The molecule has 2 aromatic rings. The third-order valence-electron chi connectivity index (χ3n) is 2.09. The van der Waals surface area contributed by atoms with Gasteiger partial charge in [-0.05, 0) is 23.6 Å². The van der Waals surface area contributed by atoms with E-state index in [4.69, 9.17) is 5.26 Å². The van der Waals surface area contributed by atoms with E-state index in [-0.39, 0.29) is 0 Å². The zero-order valence-electron chi connectivity index (χ0n) is 9.09. The highest BCUT2D eigenvalue weighted by molar-refractivity contribution is 7.99. The van der Waals surface area contributed by atoms with Crippen molar-refractivity contribution in [3.63, 3.8) is 0 Å². The van der Waals surface area contributed by atoms with Gasteiger partial charge in [0, 0.05) is 5.75 Å². The van der Waals surface area contributed by atoms with Crippen molar-refractivity contribution < 1.29 is 0 Å². The Balaban J connectivity index is 2.38. The molecule has 0 saturated carbocycles. The molecule has 17 heavy (non-hydrogen) atoms. The first-order valence-corrected chi connectivity index (χ1v) is 6.90. The number of rotatable bonds is 4. The molecule has 0 unspecified atom stereocenters. The van der Waals surface area contributed by atoms with Gasteiger partial charge in [0.2, 0.25) is 0 Å². The van der Waals surface area contributed by atoms with Crippen LogP contribution < -0.4 is 0 Å². The van der Waals surface area contributed by atoms with Crippen LogP contribution >= 0.6 is 23.1 Å². The number of nitrogens with zero attached hydrogens (tertiary/aromatic N) is 2. The molecule has 84 valence electrons. The Kier molecular flexibility index (Phi) is 3.97. The maximum absolute atomic E-state index is 9.01. The summed E-state index contributed by atoms with van der Waals surface area (Å²) in [5.41, 5.74) is 1.54. The lowest BCUT2D eigenvalue weighted by molar-refractivity contribution is 1.12. The molecule has 0 aliphatic rings. The highest BCUT2D eigenvalue weighted by Gasteiger charge is 2.07. The Labute approximate surface area is 109 Å². The summed E-state index contributed by atoms with van der Waals surface area (Å²) in [5, 5.41) is 11.8. The summed E-state index contributed by atoms with van der Waals surface area (Å²) in [6, 6.07) is 9.91. The summed E-state index contributed by atoms with van der Waals surface area (Å²) in [6.07, 6.45) is 1.81. The molecule has 0 N–H and O–H groups in total. The van der Waals surface area contributed by atoms with Crippen molar-refractivity contribution in [2.24, 2.45) is 0 Å². The van der Waals surface area contributed by atoms with E-state index >= 15 is 0 Å². The van der Waals surface area contributed by atoms with Gasteiger partial charge in [0.1, 0.15) is 11.1 Å². The fourth-order valence-electron chi connectivity index (χ4n) is 1.33. The Morgan fingerprint density at radius 2 is 2.35 bits per heavy atom. The predicted octanol–water partition coefficient (Wildman–Crippen LogP) is 3.96. The normalized spacial score (nSPS) is 9.82. The third kappa shape index (κ3) is 2.76. The highest BCUT2D eigenvalue weighted by atomic mass is 32.2. The minimum absolute atomic E-state index is 0.622. The number of hydrogen-bond donors (Lipinski definition) is 0. The van der Waals surface area contributed by atoms with E-state index in [0.717, 1.165) is 21.3 Å². The van der Waals surface area contributed by atoms with Crippen LogP contribution in [-0.4, -0.2) is 10.7 Å². The molecule has 0 saturated heterocycles. The molecule has 2 heterocycles. The van der Waals surface area contributed by atoms with Gasteiger partial charge in [-0.3, -0.25) is 0 Å². The van der Waals surface area contributed by atoms with Crippen LogP contribution in [0.4, 0.5) is 0 Å². The molecule has 2 nitrogen and oxygen atoms in total. The van der Waals surface area contributed by atoms with Crippen LogP contribution in [0.15, 0.2) is 47.3 Å². The summed E-state index contributed by atoms with van der Waals surface area (Å²) in [7, 11) is 0. The number of nitriles is 1. The van der Waals surface area contributed by atoms with E-state index in [1.807, 2.05) is 35.7 Å². The van der Waals surface area contributed by atoms with Gasteiger partial charge in [-0.15, -0.1) is 29.7 Å². The lowest BCUT2D eigenvalue weighted by Gasteiger charge is -2.03. The summed E-state index contributed by atoms with van der Waals surface area (Å²) < 4.78 is 0. The Bertz CT molecular complexity index is 553. The molecule has 4 heteroatoms. The molecular weight excluding hydrogens is 248 g/mol. The second kappa shape index (κ2) is 5.67. The second-order valence-corrected chi connectivity index (χ2v) is 5.19. The molecule has 2 aromatic heterocycles. The van der Waals surface area contributed by atoms with Gasteiger partial charge in [-0.2, -0.15) is 5.26 Å². The topological polar surface area (TPSA) is 36.7 Å². The Morgan fingerprint density at radius 3 is 3.00 bits per heavy atom. The van der Waals surface area contributed by atoms with Crippen LogP contribution in [-0.2, 0) is 0 Å². The van der Waals surface area contributed by atoms with Gasteiger partial charge in [-0.1, -0.05) is 12.1 Å². The van der Waals surface area contributed by atoms with E-state index in [9.17, 15) is 0 Å². The molecule has 0 aromatic carbocycles. The number of aromatic nitrogens is 1. The molecule has 2 rings (SSSR count). The van der Waals surface area contributed by atoms with E-state index in [1.165, 1.54) is 11.8 Å². The molecule has 0 radical (unpaired) electrons. The van der Waals surface area contributed by atoms with E-state index < -0.39 is 0 Å². The predicted molar refractivity (Wildman–Crippen MR) is 73.2 cm³/mol. The summed E-state index contributed by atoms with van der Waals surface area (Å²) in [5.74, 6) is 0.759. The summed E-state index contributed by atoms with van der Waals surface area (Å²) in [4.78, 5) is 5.65. The first-order valence-electron chi connectivity index (χ1n) is 5.04. The maximum Gasteiger partial charge on any atom is 0.115 e. The molecule has 0 aliphatic carbocycles. The molecule has 0 amide bonds. The molecule has 0 fully saturated rings. The van der Waals surface area contributed by atoms with Gasteiger partial charge < -0.3 is 0 Å². The van der Waals surface area contributed by atoms with E-state index in [0.29, 0.717) is 5.56 Å². The Morgan fingerprint density at radius 1 is 1.47 bits per heavy atom. The molecule has 0 aliphatic heterocycles. The third-order valence-corrected chi connectivity index (χ3v) is 3.97. The van der Waals surface area contributed by atoms with Crippen molar-refractivity contribution in [1.29, 1.82) is 5.26 Å². The molecule has 0 atom stereocenters. The number of thiophene rings is 1. The summed E-state index contributed by atoms with van der Waals surface area (Å²) >= 11 is 3.18. The average Bonchev–Trinajstić information content (AvgIpc) is 2.89. The zero-order valence-corrected chi connectivity index (χ0v) is 10.7. The van der Waals surface area contributed by atoms with Crippen molar-refractivity contribution in [2.75, 3.05) is 5.75 Å². The number of hydrogen-bond acceptors (Lipinski definition) is 4. The average molecular weight is 258 g/mol. The Hall–Kier alpha value is -1.57. The minimum Gasteiger partial charge on any atom is -0.239 e. The quantitative estimate of drug-likeness (QED) is 0.615. The fourth-order valence-corrected chi connectivity index (χ4v) is 2.74. The van der Waals surface area contributed by atoms with Gasteiger partial charge in [0.25, 0.3) is 0 Å². The number of thioether (sulfide) groups is 1. The van der Waals surface area contributed by atoms with Crippen LogP contribution in [0.1, 0.15) is 5.56 Å². The molecule has 0 spiro atoms. The SMILES string of the molecule is C=CCSc1nc(-c2cccs2)ccc1C#N. The van der Waals surface area contributed by atoms with Gasteiger partial charge in [-0.25, -0.2) is 4.98 Å². The van der Waals surface area contributed by atoms with Crippen LogP contribution in [0.5, 0.6) is 0 Å². The standard InChI is InChI=1S/C13H10N2S2/c1-2-7-17-13-10(9-14)5-6-11(15-13)12-4-3-8-16-12/h2-6,8H,1,7H2. The van der Waals surface area contributed by atoms with Crippen molar-refractivity contribution in [1.82, 2.24) is 4.98 Å². The largest absolute Gasteiger partial charge is 0.239 e. The van der Waals surface area contributed by atoms with Crippen LogP contribution in [0, 0.1) is 11.3 Å². The van der Waals surface area contributed by atoms with Crippen molar-refractivity contribution in [2.45, 2.75) is 5.03 Å². The molecule has 0 bridgehead atoms. The molecular formula is C13H10N2S2. The fraction of sp³-hybridized carbons (Fsp3) is 0.0769. The summed E-state index contributed by atoms with van der Waals surface area (Å²) in [6.45, 7) is 3.67. The second-order valence-electron chi connectivity index (χ2n) is 3.24. The lowest BCUT2D eigenvalue weighted by atomic mass is 10.2. The first-order chi connectivity index (χ1) is 8.35. The van der Waals surface area contributed by atoms with Gasteiger partial charge in [0.05, 0.1) is 16.1 Å². The van der Waals surface area contributed by atoms with Gasteiger partial charge >= 0.3 is 0 Å². The monoisotopic (exact) mass is 258 g/mol. The lowest BCUT2D eigenvalue weighted by Crippen LogP contribution is -1.89. The number of pyridine rings is 1. The van der Waals surface area contributed by atoms with Crippen LogP contribution in [0.25, 0.3) is 10.6 Å². The maximum atomic E-state index is 9.01. The van der Waals surface area contributed by atoms with Crippen LogP contribution in [0.2, 0.25) is 0 Å². The zero-order chi connectivity index (χ0) is 12.1. The van der Waals surface area contributed by atoms with Crippen molar-refractivity contribution in [3.05, 3.63) is 47.9 Å². The smallest absolute Gasteiger partial charge is 0.115 e. The van der Waals surface area contributed by atoms with E-state index in [2.05, 4.69) is 17.6 Å². The minimum atomic E-state index is 0.622. The first kappa shape index (κ1) is 11.9. The van der Waals surface area contributed by atoms with Gasteiger partial charge in [0.15, 0.2) is 0 Å². The highest BCUT2D eigenvalue weighted by Crippen LogP contribution is 2.27. The van der Waals surface area contributed by atoms with Crippen molar-refractivity contribution >= 4 is 23.1 Å².